The van der Waals surface area contributed by atoms with Gasteiger partial charge in [0, 0.05) is 33.4 Å². The highest BCUT2D eigenvalue weighted by molar-refractivity contribution is 5.93. The van der Waals surface area contributed by atoms with Gasteiger partial charge in [0.2, 0.25) is 0 Å². The van der Waals surface area contributed by atoms with E-state index in [-0.39, 0.29) is 12.0 Å². The third-order valence-electron chi connectivity index (χ3n) is 4.82. The first-order valence-corrected chi connectivity index (χ1v) is 8.43. The number of aryl methyl sites for hydroxylation is 2. The zero-order valence-corrected chi connectivity index (χ0v) is 14.6. The molecular weight excluding hydrogens is 302 g/mol. The van der Waals surface area contributed by atoms with Gasteiger partial charge in [-0.25, -0.2) is 0 Å². The van der Waals surface area contributed by atoms with Crippen molar-refractivity contribution in [1.82, 2.24) is 14.7 Å². The molecule has 1 saturated heterocycles. The number of hydrogen-bond acceptors (Lipinski definition) is 3. The van der Waals surface area contributed by atoms with E-state index in [1.807, 2.05) is 11.9 Å². The van der Waals surface area contributed by atoms with E-state index in [0.29, 0.717) is 18.0 Å². The number of hydrogen-bond donors (Lipinski definition) is 0. The van der Waals surface area contributed by atoms with E-state index in [4.69, 9.17) is 4.74 Å². The molecule has 2 aromatic rings. The van der Waals surface area contributed by atoms with Crippen LogP contribution in [0.2, 0.25) is 0 Å². The lowest BCUT2D eigenvalue weighted by Crippen LogP contribution is -2.47. The van der Waals surface area contributed by atoms with Gasteiger partial charge in [-0.1, -0.05) is 29.8 Å². The van der Waals surface area contributed by atoms with Crippen molar-refractivity contribution >= 4 is 5.91 Å². The van der Waals surface area contributed by atoms with Crippen molar-refractivity contribution in [1.29, 1.82) is 0 Å². The largest absolute Gasteiger partial charge is 0.379 e. The summed E-state index contributed by atoms with van der Waals surface area (Å²) in [6, 6.07) is 8.63. The second-order valence-electron chi connectivity index (χ2n) is 6.67. The van der Waals surface area contributed by atoms with E-state index in [0.717, 1.165) is 19.4 Å². The highest BCUT2D eigenvalue weighted by atomic mass is 16.5. The Balaban J connectivity index is 1.66. The van der Waals surface area contributed by atoms with E-state index in [1.54, 1.807) is 24.2 Å². The number of likely N-dealkylation sites (tertiary alicyclic amines) is 1. The quantitative estimate of drug-likeness (QED) is 0.866. The van der Waals surface area contributed by atoms with Crippen LogP contribution in [0.15, 0.2) is 36.7 Å². The Labute approximate surface area is 143 Å². The van der Waals surface area contributed by atoms with Crippen LogP contribution in [0.1, 0.15) is 27.9 Å². The molecule has 0 saturated carbocycles. The summed E-state index contributed by atoms with van der Waals surface area (Å²) in [4.78, 5) is 14.5. The normalized spacial score (nSPS) is 21.0. The molecule has 0 bridgehead atoms. The molecule has 1 amide bonds. The van der Waals surface area contributed by atoms with Gasteiger partial charge in [-0.05, 0) is 31.2 Å². The Bertz CT molecular complexity index is 710. The first-order valence-electron chi connectivity index (χ1n) is 8.43. The molecule has 1 aromatic carbocycles. The fourth-order valence-corrected chi connectivity index (χ4v) is 3.51. The molecule has 24 heavy (non-hydrogen) atoms. The van der Waals surface area contributed by atoms with Gasteiger partial charge in [0.15, 0.2) is 0 Å². The zero-order chi connectivity index (χ0) is 17.1. The highest BCUT2D eigenvalue weighted by Crippen LogP contribution is 2.25. The van der Waals surface area contributed by atoms with Crippen molar-refractivity contribution in [3.8, 4) is 0 Å². The Hall–Kier alpha value is -2.14. The number of amides is 1. The molecule has 2 atom stereocenters. The van der Waals surface area contributed by atoms with Crippen molar-refractivity contribution in [3.05, 3.63) is 53.3 Å². The highest BCUT2D eigenvalue weighted by Gasteiger charge is 2.32. The van der Waals surface area contributed by atoms with Crippen LogP contribution in [0.4, 0.5) is 0 Å². The average molecular weight is 327 g/mol. The summed E-state index contributed by atoms with van der Waals surface area (Å²) < 4.78 is 7.37. The van der Waals surface area contributed by atoms with Crippen LogP contribution in [0.3, 0.4) is 0 Å². The van der Waals surface area contributed by atoms with Crippen molar-refractivity contribution in [2.45, 2.75) is 25.9 Å². The number of piperidine rings is 1. The monoisotopic (exact) mass is 327 g/mol. The predicted octanol–water partition coefficient (Wildman–Crippen LogP) is 2.45. The SMILES string of the molecule is CO[C@@H]1CN(C(=O)c2cnn(C)c2)CC[C@@H]1Cc1cccc(C)c1. The van der Waals surface area contributed by atoms with Crippen molar-refractivity contribution < 1.29 is 9.53 Å². The van der Waals surface area contributed by atoms with Gasteiger partial charge >= 0.3 is 0 Å². The van der Waals surface area contributed by atoms with Crippen LogP contribution >= 0.6 is 0 Å². The Morgan fingerprint density at radius 2 is 2.25 bits per heavy atom. The van der Waals surface area contributed by atoms with E-state index in [9.17, 15) is 4.79 Å². The molecule has 128 valence electrons. The second-order valence-corrected chi connectivity index (χ2v) is 6.67. The van der Waals surface area contributed by atoms with Gasteiger partial charge in [0.25, 0.3) is 5.91 Å². The number of aromatic nitrogens is 2. The van der Waals surface area contributed by atoms with Gasteiger partial charge in [0.1, 0.15) is 0 Å². The molecule has 5 nitrogen and oxygen atoms in total. The molecule has 0 N–H and O–H groups in total. The Kier molecular flexibility index (Phi) is 5.00. The minimum Gasteiger partial charge on any atom is -0.379 e. The van der Waals surface area contributed by atoms with Gasteiger partial charge in [-0.2, -0.15) is 5.10 Å². The summed E-state index contributed by atoms with van der Waals surface area (Å²) in [5.41, 5.74) is 3.27. The van der Waals surface area contributed by atoms with Crippen molar-refractivity contribution in [2.75, 3.05) is 20.2 Å². The van der Waals surface area contributed by atoms with E-state index in [2.05, 4.69) is 36.3 Å². The summed E-state index contributed by atoms with van der Waals surface area (Å²) in [5.74, 6) is 0.480. The van der Waals surface area contributed by atoms with Crippen molar-refractivity contribution in [3.63, 3.8) is 0 Å². The fraction of sp³-hybridized carbons (Fsp3) is 0.474. The summed E-state index contributed by atoms with van der Waals surface area (Å²) >= 11 is 0. The third kappa shape index (κ3) is 3.67. The lowest BCUT2D eigenvalue weighted by atomic mass is 9.87. The fourth-order valence-electron chi connectivity index (χ4n) is 3.51. The van der Waals surface area contributed by atoms with Crippen LogP contribution in [0.25, 0.3) is 0 Å². The number of carbonyl (C=O) groups excluding carboxylic acids is 1. The van der Waals surface area contributed by atoms with Crippen LogP contribution in [-0.2, 0) is 18.2 Å². The average Bonchev–Trinajstić information content (AvgIpc) is 3.01. The minimum absolute atomic E-state index is 0.0409. The molecule has 2 heterocycles. The summed E-state index contributed by atoms with van der Waals surface area (Å²) in [6.45, 7) is 3.53. The maximum Gasteiger partial charge on any atom is 0.257 e. The Morgan fingerprint density at radius 1 is 1.42 bits per heavy atom. The molecule has 1 aromatic heterocycles. The number of benzene rings is 1. The molecule has 0 spiro atoms. The molecule has 0 unspecified atom stereocenters. The molecule has 3 rings (SSSR count). The smallest absolute Gasteiger partial charge is 0.257 e. The molecule has 1 aliphatic heterocycles. The summed E-state index contributed by atoms with van der Waals surface area (Å²) in [7, 11) is 3.56. The molecular formula is C19H25N3O2. The van der Waals surface area contributed by atoms with Crippen LogP contribution < -0.4 is 0 Å². The maximum absolute atomic E-state index is 12.6. The first kappa shape index (κ1) is 16.7. The predicted molar refractivity (Wildman–Crippen MR) is 92.9 cm³/mol. The topological polar surface area (TPSA) is 47.4 Å². The number of nitrogens with zero attached hydrogens (tertiary/aromatic N) is 3. The van der Waals surface area contributed by atoms with E-state index < -0.39 is 0 Å². The lowest BCUT2D eigenvalue weighted by Gasteiger charge is -2.37. The molecule has 0 aliphatic carbocycles. The molecule has 1 fully saturated rings. The number of carbonyl (C=O) groups is 1. The molecule has 1 aliphatic rings. The van der Waals surface area contributed by atoms with E-state index >= 15 is 0 Å². The van der Waals surface area contributed by atoms with Gasteiger partial charge < -0.3 is 9.64 Å². The Morgan fingerprint density at radius 3 is 2.92 bits per heavy atom. The second kappa shape index (κ2) is 7.18. The van der Waals surface area contributed by atoms with Crippen LogP contribution in [-0.4, -0.2) is 46.9 Å². The standard InChI is InChI=1S/C19H25N3O2/c1-14-5-4-6-15(9-14)10-16-7-8-22(13-18(16)24-3)19(23)17-11-20-21(2)12-17/h4-6,9,11-12,16,18H,7-8,10,13H2,1-3H3/t16-,18-/m1/s1. The number of ether oxygens (including phenoxy) is 1. The van der Waals surface area contributed by atoms with Crippen molar-refractivity contribution in [2.24, 2.45) is 13.0 Å². The molecule has 0 radical (unpaired) electrons. The van der Waals surface area contributed by atoms with Crippen LogP contribution in [0.5, 0.6) is 0 Å². The van der Waals surface area contributed by atoms with Crippen LogP contribution in [0, 0.1) is 12.8 Å². The van der Waals surface area contributed by atoms with Gasteiger partial charge in [0.05, 0.1) is 17.9 Å². The number of methoxy groups -OCH3 is 1. The third-order valence-corrected chi connectivity index (χ3v) is 4.82. The maximum atomic E-state index is 12.6. The van der Waals surface area contributed by atoms with E-state index in [1.165, 1.54) is 11.1 Å². The molecule has 5 heteroatoms. The number of rotatable bonds is 4. The first-order chi connectivity index (χ1) is 11.6. The van der Waals surface area contributed by atoms with Gasteiger partial charge in [-0.3, -0.25) is 9.48 Å². The lowest BCUT2D eigenvalue weighted by molar-refractivity contribution is -0.00697. The summed E-state index contributed by atoms with van der Waals surface area (Å²) in [6.07, 6.45) is 5.42. The van der Waals surface area contributed by atoms with Gasteiger partial charge in [-0.15, -0.1) is 0 Å². The minimum atomic E-state index is 0.0409. The summed E-state index contributed by atoms with van der Waals surface area (Å²) in [5, 5.41) is 4.09. The zero-order valence-electron chi connectivity index (χ0n) is 14.6.